The molecule has 0 unspecified atom stereocenters. The molecule has 0 atom stereocenters. The van der Waals surface area contributed by atoms with E-state index in [2.05, 4.69) is 13.8 Å². The minimum Gasteiger partial charge on any atom is -0.484 e. The van der Waals surface area contributed by atoms with Crippen molar-refractivity contribution < 1.29 is 14.6 Å². The van der Waals surface area contributed by atoms with E-state index < -0.39 is 0 Å². The zero-order valence-electron chi connectivity index (χ0n) is 12.9. The van der Waals surface area contributed by atoms with Crippen LogP contribution in [0, 0.1) is 5.92 Å². The first-order valence-corrected chi connectivity index (χ1v) is 7.71. The second-order valence-electron chi connectivity index (χ2n) is 6.02. The van der Waals surface area contributed by atoms with Crippen molar-refractivity contribution in [3.63, 3.8) is 0 Å². The first-order chi connectivity index (χ1) is 10.1. The lowest BCUT2D eigenvalue weighted by molar-refractivity contribution is -0.134. The van der Waals surface area contributed by atoms with Crippen molar-refractivity contribution in [1.82, 2.24) is 4.90 Å². The van der Waals surface area contributed by atoms with E-state index in [0.29, 0.717) is 11.8 Å². The summed E-state index contributed by atoms with van der Waals surface area (Å²) in [6, 6.07) is 7.91. The number of piperidine rings is 1. The number of ether oxygens (including phenoxy) is 1. The molecule has 1 aliphatic heterocycles. The third kappa shape index (κ3) is 4.46. The maximum absolute atomic E-state index is 12.1. The molecular formula is C17H25NO3. The Labute approximate surface area is 126 Å². The molecule has 0 saturated carbocycles. The van der Waals surface area contributed by atoms with Crippen LogP contribution in [0.5, 0.6) is 5.75 Å². The molecule has 1 aromatic carbocycles. The third-order valence-electron chi connectivity index (χ3n) is 4.13. The molecule has 0 spiro atoms. The van der Waals surface area contributed by atoms with Gasteiger partial charge in [-0.15, -0.1) is 0 Å². The number of rotatable bonds is 5. The molecule has 1 heterocycles. The monoisotopic (exact) mass is 291 g/mol. The van der Waals surface area contributed by atoms with E-state index in [0.717, 1.165) is 31.7 Å². The second kappa shape index (κ2) is 7.46. The third-order valence-corrected chi connectivity index (χ3v) is 4.13. The fourth-order valence-corrected chi connectivity index (χ4v) is 2.55. The van der Waals surface area contributed by atoms with Gasteiger partial charge in [0, 0.05) is 19.7 Å². The molecule has 0 aromatic heterocycles. The van der Waals surface area contributed by atoms with E-state index in [4.69, 9.17) is 9.84 Å². The zero-order valence-corrected chi connectivity index (χ0v) is 12.9. The number of benzene rings is 1. The highest BCUT2D eigenvalue weighted by atomic mass is 16.5. The fourth-order valence-electron chi connectivity index (χ4n) is 2.55. The summed E-state index contributed by atoms with van der Waals surface area (Å²) in [6.07, 6.45) is 1.76. The number of aliphatic hydroxyl groups excluding tert-OH is 1. The summed E-state index contributed by atoms with van der Waals surface area (Å²) in [4.78, 5) is 13.9. The first kappa shape index (κ1) is 15.8. The predicted octanol–water partition coefficient (Wildman–Crippen LogP) is 2.42. The Bertz CT molecular complexity index is 448. The zero-order chi connectivity index (χ0) is 15.2. The molecule has 2 rings (SSSR count). The Morgan fingerprint density at radius 2 is 1.90 bits per heavy atom. The van der Waals surface area contributed by atoms with Gasteiger partial charge in [0.1, 0.15) is 5.75 Å². The summed E-state index contributed by atoms with van der Waals surface area (Å²) < 4.78 is 5.57. The van der Waals surface area contributed by atoms with Crippen LogP contribution >= 0.6 is 0 Å². The van der Waals surface area contributed by atoms with Crippen molar-refractivity contribution >= 4 is 5.91 Å². The van der Waals surface area contributed by atoms with E-state index in [-0.39, 0.29) is 19.1 Å². The molecule has 21 heavy (non-hydrogen) atoms. The predicted molar refractivity (Wildman–Crippen MR) is 82.4 cm³/mol. The Hall–Kier alpha value is -1.55. The van der Waals surface area contributed by atoms with Crippen LogP contribution in [0.3, 0.4) is 0 Å². The molecule has 1 N–H and O–H groups in total. The lowest BCUT2D eigenvalue weighted by Crippen LogP contribution is -2.41. The summed E-state index contributed by atoms with van der Waals surface area (Å²) in [5.74, 6) is 1.60. The van der Waals surface area contributed by atoms with Gasteiger partial charge in [0.05, 0.1) is 0 Å². The number of aliphatic hydroxyl groups is 1. The van der Waals surface area contributed by atoms with Gasteiger partial charge in [-0.2, -0.15) is 0 Å². The molecular weight excluding hydrogens is 266 g/mol. The van der Waals surface area contributed by atoms with Gasteiger partial charge in [-0.1, -0.05) is 26.0 Å². The molecule has 0 aliphatic carbocycles. The lowest BCUT2D eigenvalue weighted by atomic mass is 9.98. The van der Waals surface area contributed by atoms with Gasteiger partial charge < -0.3 is 14.7 Å². The molecule has 4 nitrogen and oxygen atoms in total. The van der Waals surface area contributed by atoms with Gasteiger partial charge in [0.25, 0.3) is 5.91 Å². The summed E-state index contributed by atoms with van der Waals surface area (Å²) >= 11 is 0. The summed E-state index contributed by atoms with van der Waals surface area (Å²) in [6.45, 7) is 6.05. The number of amides is 1. The lowest BCUT2D eigenvalue weighted by Gasteiger charge is -2.31. The Balaban J connectivity index is 1.78. The molecule has 1 amide bonds. The van der Waals surface area contributed by atoms with Crippen molar-refractivity contribution in [1.29, 1.82) is 0 Å². The maximum atomic E-state index is 12.1. The van der Waals surface area contributed by atoms with Gasteiger partial charge >= 0.3 is 0 Å². The SMILES string of the molecule is CC(C)c1ccc(OCC(=O)N2CCC(CO)CC2)cc1. The standard InChI is InChI=1S/C17H25NO3/c1-13(2)15-3-5-16(6-4-15)21-12-17(20)18-9-7-14(11-19)8-10-18/h3-6,13-14,19H,7-12H2,1-2H3. The molecule has 0 radical (unpaired) electrons. The number of carbonyl (C=O) groups excluding carboxylic acids is 1. The highest BCUT2D eigenvalue weighted by molar-refractivity contribution is 5.77. The van der Waals surface area contributed by atoms with Crippen molar-refractivity contribution in [2.24, 2.45) is 5.92 Å². The minimum atomic E-state index is 0.0272. The van der Waals surface area contributed by atoms with Crippen LogP contribution in [0.1, 0.15) is 38.2 Å². The van der Waals surface area contributed by atoms with Crippen molar-refractivity contribution in [2.75, 3.05) is 26.3 Å². The van der Waals surface area contributed by atoms with Crippen LogP contribution in [0.25, 0.3) is 0 Å². The second-order valence-corrected chi connectivity index (χ2v) is 6.02. The van der Waals surface area contributed by atoms with Gasteiger partial charge in [-0.25, -0.2) is 0 Å². The van der Waals surface area contributed by atoms with Crippen LogP contribution in [0.15, 0.2) is 24.3 Å². The number of hydrogen-bond donors (Lipinski definition) is 1. The minimum absolute atomic E-state index is 0.0272. The molecule has 116 valence electrons. The molecule has 1 saturated heterocycles. The average molecular weight is 291 g/mol. The van der Waals surface area contributed by atoms with Crippen molar-refractivity contribution in [2.45, 2.75) is 32.6 Å². The summed E-state index contributed by atoms with van der Waals surface area (Å²) in [7, 11) is 0. The number of nitrogens with zero attached hydrogens (tertiary/aromatic N) is 1. The van der Waals surface area contributed by atoms with Crippen LogP contribution in [0.4, 0.5) is 0 Å². The maximum Gasteiger partial charge on any atom is 0.260 e. The smallest absolute Gasteiger partial charge is 0.260 e. The van der Waals surface area contributed by atoms with Gasteiger partial charge in [-0.05, 0) is 42.4 Å². The summed E-state index contributed by atoms with van der Waals surface area (Å²) in [5, 5.41) is 9.10. The largest absolute Gasteiger partial charge is 0.484 e. The normalized spacial score (nSPS) is 16.3. The number of likely N-dealkylation sites (tertiary alicyclic amines) is 1. The topological polar surface area (TPSA) is 49.8 Å². The number of carbonyl (C=O) groups is 1. The van der Waals surface area contributed by atoms with Crippen LogP contribution in [-0.4, -0.2) is 42.2 Å². The molecule has 1 aliphatic rings. The summed E-state index contributed by atoms with van der Waals surface area (Å²) in [5.41, 5.74) is 1.26. The van der Waals surface area contributed by atoms with E-state index >= 15 is 0 Å². The van der Waals surface area contributed by atoms with Crippen LogP contribution < -0.4 is 4.74 Å². The van der Waals surface area contributed by atoms with Gasteiger partial charge in [0.2, 0.25) is 0 Å². The van der Waals surface area contributed by atoms with Crippen LogP contribution in [0.2, 0.25) is 0 Å². The van der Waals surface area contributed by atoms with E-state index in [1.807, 2.05) is 29.2 Å². The first-order valence-electron chi connectivity index (χ1n) is 7.71. The Morgan fingerprint density at radius 1 is 1.29 bits per heavy atom. The molecule has 1 aromatic rings. The molecule has 1 fully saturated rings. The van der Waals surface area contributed by atoms with E-state index in [9.17, 15) is 4.79 Å². The Morgan fingerprint density at radius 3 is 2.43 bits per heavy atom. The highest BCUT2D eigenvalue weighted by Crippen LogP contribution is 2.19. The average Bonchev–Trinajstić information content (AvgIpc) is 2.53. The van der Waals surface area contributed by atoms with Gasteiger partial charge in [-0.3, -0.25) is 4.79 Å². The van der Waals surface area contributed by atoms with Gasteiger partial charge in [0.15, 0.2) is 6.61 Å². The highest BCUT2D eigenvalue weighted by Gasteiger charge is 2.22. The van der Waals surface area contributed by atoms with E-state index in [1.54, 1.807) is 0 Å². The number of hydrogen-bond acceptors (Lipinski definition) is 3. The fraction of sp³-hybridized carbons (Fsp3) is 0.588. The van der Waals surface area contributed by atoms with E-state index in [1.165, 1.54) is 5.56 Å². The Kier molecular flexibility index (Phi) is 5.62. The quantitative estimate of drug-likeness (QED) is 0.906. The van der Waals surface area contributed by atoms with Crippen molar-refractivity contribution in [3.8, 4) is 5.75 Å². The van der Waals surface area contributed by atoms with Crippen molar-refractivity contribution in [3.05, 3.63) is 29.8 Å². The van der Waals surface area contributed by atoms with Crippen LogP contribution in [-0.2, 0) is 4.79 Å². The molecule has 4 heteroatoms. The molecule has 0 bridgehead atoms.